The lowest BCUT2D eigenvalue weighted by Gasteiger charge is -2.14. The van der Waals surface area contributed by atoms with Gasteiger partial charge in [0.15, 0.2) is 4.67 Å². The second-order valence-electron chi connectivity index (χ2n) is 4.52. The number of aromatic nitrogens is 3. The number of carbonyl (C=O) groups excluding carboxylic acids is 1. The van der Waals surface area contributed by atoms with Crippen LogP contribution in [-0.2, 0) is 13.0 Å². The molecule has 1 amide bonds. The molecular formula is C12H13BrN4O2. The molecule has 1 aliphatic heterocycles. The molecule has 0 saturated heterocycles. The van der Waals surface area contributed by atoms with Crippen molar-refractivity contribution in [1.29, 1.82) is 0 Å². The molecule has 0 atom stereocenters. The maximum absolute atomic E-state index is 12.2. The summed E-state index contributed by atoms with van der Waals surface area (Å²) in [5.41, 5.74) is 0.500. The van der Waals surface area contributed by atoms with E-state index < -0.39 is 0 Å². The molecule has 2 aromatic heterocycles. The van der Waals surface area contributed by atoms with E-state index >= 15 is 0 Å². The molecule has 0 unspecified atom stereocenters. The van der Waals surface area contributed by atoms with Gasteiger partial charge in [-0.25, -0.2) is 0 Å². The van der Waals surface area contributed by atoms with Gasteiger partial charge in [-0.15, -0.1) is 10.2 Å². The van der Waals surface area contributed by atoms with E-state index in [1.165, 1.54) is 0 Å². The van der Waals surface area contributed by atoms with Crippen molar-refractivity contribution < 1.29 is 9.21 Å². The van der Waals surface area contributed by atoms with Crippen molar-refractivity contribution in [3.63, 3.8) is 0 Å². The van der Waals surface area contributed by atoms with Crippen LogP contribution >= 0.6 is 15.9 Å². The fraction of sp³-hybridized carbons (Fsp3) is 0.417. The number of halogens is 1. The lowest BCUT2D eigenvalue weighted by Crippen LogP contribution is -2.18. The van der Waals surface area contributed by atoms with Crippen molar-refractivity contribution in [2.75, 3.05) is 5.32 Å². The second kappa shape index (κ2) is 4.80. The summed E-state index contributed by atoms with van der Waals surface area (Å²) < 4.78 is 7.78. The average molecular weight is 325 g/mol. The van der Waals surface area contributed by atoms with Crippen molar-refractivity contribution in [2.24, 2.45) is 0 Å². The Morgan fingerprint density at radius 2 is 2.32 bits per heavy atom. The Balaban J connectivity index is 1.83. The van der Waals surface area contributed by atoms with Crippen LogP contribution in [0, 0.1) is 6.92 Å². The molecule has 3 rings (SSSR count). The number of nitrogens with one attached hydrogen (secondary N) is 1. The summed E-state index contributed by atoms with van der Waals surface area (Å²) in [6.45, 7) is 2.60. The summed E-state index contributed by atoms with van der Waals surface area (Å²) in [6.07, 6.45) is 3.13. The monoisotopic (exact) mass is 324 g/mol. The van der Waals surface area contributed by atoms with Gasteiger partial charge >= 0.3 is 0 Å². The van der Waals surface area contributed by atoms with Gasteiger partial charge in [-0.2, -0.15) is 0 Å². The number of carbonyl (C=O) groups is 1. The molecular weight excluding hydrogens is 312 g/mol. The number of rotatable bonds is 2. The van der Waals surface area contributed by atoms with Crippen LogP contribution in [0.4, 0.5) is 5.95 Å². The van der Waals surface area contributed by atoms with Gasteiger partial charge < -0.3 is 4.42 Å². The van der Waals surface area contributed by atoms with Crippen molar-refractivity contribution in [1.82, 2.24) is 14.8 Å². The van der Waals surface area contributed by atoms with Crippen LogP contribution in [-0.4, -0.2) is 20.7 Å². The van der Waals surface area contributed by atoms with E-state index in [-0.39, 0.29) is 5.91 Å². The summed E-state index contributed by atoms with van der Waals surface area (Å²) in [5.74, 6) is 1.79. The maximum Gasteiger partial charge on any atom is 0.261 e. The van der Waals surface area contributed by atoms with E-state index in [4.69, 9.17) is 4.42 Å². The molecule has 0 saturated carbocycles. The fourth-order valence-electron chi connectivity index (χ4n) is 2.24. The van der Waals surface area contributed by atoms with Crippen molar-refractivity contribution in [3.8, 4) is 0 Å². The second-order valence-corrected chi connectivity index (χ2v) is 5.30. The van der Waals surface area contributed by atoms with Gasteiger partial charge in [0.25, 0.3) is 5.91 Å². The Morgan fingerprint density at radius 1 is 1.47 bits per heavy atom. The van der Waals surface area contributed by atoms with Gasteiger partial charge in [0.05, 0.1) is 5.56 Å². The van der Waals surface area contributed by atoms with Crippen LogP contribution in [0.2, 0.25) is 0 Å². The van der Waals surface area contributed by atoms with Crippen LogP contribution in [0.3, 0.4) is 0 Å². The highest BCUT2D eigenvalue weighted by Crippen LogP contribution is 2.22. The van der Waals surface area contributed by atoms with Crippen LogP contribution in [0.15, 0.2) is 15.2 Å². The molecule has 0 spiro atoms. The highest BCUT2D eigenvalue weighted by molar-refractivity contribution is 9.10. The summed E-state index contributed by atoms with van der Waals surface area (Å²) >= 11 is 3.21. The minimum absolute atomic E-state index is 0.229. The number of nitrogens with zero attached hydrogens (tertiary/aromatic N) is 3. The topological polar surface area (TPSA) is 73.0 Å². The molecule has 3 heterocycles. The van der Waals surface area contributed by atoms with E-state index in [0.717, 1.165) is 31.6 Å². The molecule has 1 N–H and O–H groups in total. The number of hydrogen-bond donors (Lipinski definition) is 1. The Kier molecular flexibility index (Phi) is 3.14. The van der Waals surface area contributed by atoms with Crippen molar-refractivity contribution >= 4 is 27.8 Å². The van der Waals surface area contributed by atoms with Crippen LogP contribution in [0.25, 0.3) is 0 Å². The largest absolute Gasteiger partial charge is 0.454 e. The third kappa shape index (κ3) is 2.30. The first-order valence-corrected chi connectivity index (χ1v) is 6.94. The van der Waals surface area contributed by atoms with Gasteiger partial charge in [0, 0.05) is 19.0 Å². The van der Waals surface area contributed by atoms with Gasteiger partial charge in [-0.1, -0.05) is 0 Å². The Labute approximate surface area is 118 Å². The van der Waals surface area contributed by atoms with E-state index in [1.54, 1.807) is 13.0 Å². The fourth-order valence-corrected chi connectivity index (χ4v) is 2.71. The van der Waals surface area contributed by atoms with Crippen molar-refractivity contribution in [3.05, 3.63) is 27.9 Å². The van der Waals surface area contributed by atoms with Crippen LogP contribution in [0.5, 0.6) is 0 Å². The zero-order valence-corrected chi connectivity index (χ0v) is 12.0. The van der Waals surface area contributed by atoms with E-state index in [0.29, 0.717) is 21.9 Å². The number of furan rings is 1. The van der Waals surface area contributed by atoms with Crippen LogP contribution in [0.1, 0.15) is 34.8 Å². The summed E-state index contributed by atoms with van der Waals surface area (Å²) in [5, 5.41) is 10.9. The lowest BCUT2D eigenvalue weighted by molar-refractivity contribution is 0.102. The van der Waals surface area contributed by atoms with Gasteiger partial charge in [-0.05, 0) is 35.7 Å². The zero-order chi connectivity index (χ0) is 13.4. The van der Waals surface area contributed by atoms with Gasteiger partial charge in [0.2, 0.25) is 5.95 Å². The molecule has 0 radical (unpaired) electrons. The highest BCUT2D eigenvalue weighted by atomic mass is 79.9. The maximum atomic E-state index is 12.2. The number of fused-ring (bicyclic) bond motifs is 1. The first kappa shape index (κ1) is 12.4. The molecule has 0 aliphatic carbocycles. The first-order valence-electron chi connectivity index (χ1n) is 6.14. The molecule has 100 valence electrons. The Bertz CT molecular complexity index is 632. The molecule has 2 aromatic rings. The molecule has 0 bridgehead atoms. The number of anilines is 1. The Hall–Kier alpha value is -1.63. The Morgan fingerprint density at radius 3 is 3.05 bits per heavy atom. The zero-order valence-electron chi connectivity index (χ0n) is 10.4. The molecule has 0 aromatic carbocycles. The molecule has 19 heavy (non-hydrogen) atoms. The van der Waals surface area contributed by atoms with Gasteiger partial charge in [0.1, 0.15) is 11.6 Å². The number of hydrogen-bond acceptors (Lipinski definition) is 4. The van der Waals surface area contributed by atoms with Gasteiger partial charge in [-0.3, -0.25) is 14.7 Å². The van der Waals surface area contributed by atoms with E-state index in [2.05, 4.69) is 31.4 Å². The minimum atomic E-state index is -0.229. The third-order valence-electron chi connectivity index (χ3n) is 3.22. The lowest BCUT2D eigenvalue weighted by atomic mass is 10.2. The highest BCUT2D eigenvalue weighted by Gasteiger charge is 2.20. The standard InChI is InChI=1S/C12H13BrN4O2/c1-7-8(6-9(13)19-7)11(18)14-12-16-15-10-4-2-3-5-17(10)12/h6H,2-5H2,1H3,(H,14,16,18). The summed E-state index contributed by atoms with van der Waals surface area (Å²) in [6, 6.07) is 1.65. The third-order valence-corrected chi connectivity index (χ3v) is 3.61. The van der Waals surface area contributed by atoms with Crippen LogP contribution < -0.4 is 5.32 Å². The summed E-state index contributed by atoms with van der Waals surface area (Å²) in [7, 11) is 0. The van der Waals surface area contributed by atoms with Crippen molar-refractivity contribution in [2.45, 2.75) is 32.7 Å². The molecule has 6 nitrogen and oxygen atoms in total. The normalized spacial score (nSPS) is 14.2. The predicted molar refractivity (Wildman–Crippen MR) is 72.1 cm³/mol. The predicted octanol–water partition coefficient (Wildman–Crippen LogP) is 2.53. The molecule has 7 heteroatoms. The number of aryl methyl sites for hydroxylation is 2. The SMILES string of the molecule is Cc1oc(Br)cc1C(=O)Nc1nnc2n1CCCC2. The quantitative estimate of drug-likeness (QED) is 0.921. The van der Waals surface area contributed by atoms with E-state index in [1.807, 2.05) is 4.57 Å². The average Bonchev–Trinajstić information content (AvgIpc) is 2.94. The van der Waals surface area contributed by atoms with E-state index in [9.17, 15) is 4.79 Å². The minimum Gasteiger partial charge on any atom is -0.454 e. The summed E-state index contributed by atoms with van der Waals surface area (Å²) in [4.78, 5) is 12.2. The number of amides is 1. The molecule has 1 aliphatic rings. The molecule has 0 fully saturated rings. The smallest absolute Gasteiger partial charge is 0.261 e. The first-order chi connectivity index (χ1) is 9.15.